The van der Waals surface area contributed by atoms with Gasteiger partial charge in [-0.15, -0.1) is 0 Å². The Balaban J connectivity index is -0.0000000924. The van der Waals surface area contributed by atoms with Gasteiger partial charge in [0.05, 0.1) is 16.6 Å². The average molecular weight is 2850 g/mol. The third kappa shape index (κ3) is 62.3. The molecule has 0 unspecified atom stereocenters. The van der Waals surface area contributed by atoms with Crippen molar-refractivity contribution in [2.45, 2.75) is 328 Å². The fraction of sp³-hybridized carbons (Fsp3) is 0.426. The van der Waals surface area contributed by atoms with Crippen LogP contribution in [0.2, 0.25) is 0 Å². The number of nitrogens with zero attached hydrogens (tertiary/aromatic N) is 5. The molecule has 4 aromatic heterocycles. The van der Waals surface area contributed by atoms with Crippen molar-refractivity contribution in [3.05, 3.63) is 353 Å². The van der Waals surface area contributed by atoms with Gasteiger partial charge in [-0.1, -0.05) is 319 Å². The van der Waals surface area contributed by atoms with E-state index in [1.165, 1.54) is 108 Å². The quantitative estimate of drug-likeness (QED) is 0.108. The zero-order chi connectivity index (χ0) is 88.7. The van der Waals surface area contributed by atoms with E-state index >= 15 is 0 Å². The summed E-state index contributed by atoms with van der Waals surface area (Å²) in [5.41, 5.74) is 21.1. The van der Waals surface area contributed by atoms with E-state index in [1.54, 1.807) is 29.1 Å². The number of para-hydroxylation sites is 2. The number of pyridine rings is 3. The van der Waals surface area contributed by atoms with Gasteiger partial charge < -0.3 is 49.5 Å². The number of fused-ring (bicyclic) bond motifs is 5. The molecule has 12 heteroatoms. The van der Waals surface area contributed by atoms with Crippen LogP contribution >= 0.6 is 0 Å². The first-order chi connectivity index (χ1) is 56.0. The molecule has 0 aliphatic heterocycles. The van der Waals surface area contributed by atoms with Crippen molar-refractivity contribution in [2.24, 2.45) is 0 Å². The minimum Gasteiger partial charge on any atom is -0.358 e. The van der Waals surface area contributed by atoms with Crippen molar-refractivity contribution in [3.8, 4) is 0 Å². The van der Waals surface area contributed by atoms with Gasteiger partial charge in [-0.25, -0.2) is 0 Å². The van der Waals surface area contributed by atoms with Gasteiger partial charge in [0.25, 0.3) is 0 Å². The van der Waals surface area contributed by atoms with Crippen molar-refractivity contribution in [3.63, 3.8) is 0 Å². The standard InChI is InChI=1S/C13H18.3C12H13N.2C12H16.C11H12N2.C11H14.8C2H6.4CH3.4U.3Y/c1-10(2)8-12-6-5-7-13(9-12)11(3)4;1-9(2)11-7-3-5-10-6-4-8-13-12(10)11;1-9(2)11-5-3-4-10-8-13-7-6-12(10)11;1-9(2)11-5-3-4-10-6-7-13-8-12(10)11;1-9(2)11-7-3-5-10-6-4-8-12(10)11;1-4-6-11-7-5-8-12(9-11)10(2)3;1-8(2)9-4-3-5-10-11(9)13-7-6-12-10;1-4-10-6-5-7-11(8-10)9(2)3;8*1-2;;;;;;;;;;;/h5-7,11H,8H2,1-4H3;3*3-9H,1-2H3;3,5,7,9H,4,6,8H2,1-2H3;5,7-8,10H,1,4,6H2,2-3H3;3-8H,1-2H3;5-7,9H,1,4H2,2-3H3;8*1-2H3;4*1H3;;;;;;;/q-2;;;;;-2;;-2;;;;;;;;;4*-1;;;;;;;. The van der Waals surface area contributed by atoms with E-state index in [1.807, 2.05) is 160 Å². The summed E-state index contributed by atoms with van der Waals surface area (Å²) in [7, 11) is 0. The van der Waals surface area contributed by atoms with Crippen molar-refractivity contribution >= 4 is 43.5 Å². The van der Waals surface area contributed by atoms with Gasteiger partial charge >= 0.3 is 0 Å². The Hall–Kier alpha value is -1.15. The van der Waals surface area contributed by atoms with E-state index in [2.05, 4.69) is 333 Å². The van der Waals surface area contributed by atoms with Crippen LogP contribution in [-0.4, -0.2) is 24.9 Å². The molecule has 0 N–H and O–H groups in total. The van der Waals surface area contributed by atoms with Crippen LogP contribution < -0.4 is 0 Å². The third-order valence-corrected chi connectivity index (χ3v) is 17.7. The first-order valence-electron chi connectivity index (χ1n) is 44.7. The molecule has 695 valence electrons. The molecule has 8 aromatic carbocycles. The minimum atomic E-state index is 0. The second kappa shape index (κ2) is 99.3. The maximum absolute atomic E-state index is 4.40. The maximum atomic E-state index is 4.40. The van der Waals surface area contributed by atoms with Crippen LogP contribution in [0.4, 0.5) is 0 Å². The van der Waals surface area contributed by atoms with Crippen LogP contribution in [0.1, 0.15) is 368 Å². The van der Waals surface area contributed by atoms with Gasteiger partial charge in [0.1, 0.15) is 0 Å². The predicted molar refractivity (Wildman–Crippen MR) is 549 cm³/mol. The maximum Gasteiger partial charge on any atom is 0.0921 e. The molecule has 3 radical (unpaired) electrons. The van der Waals surface area contributed by atoms with E-state index in [-0.39, 0.29) is 252 Å². The molecule has 0 fully saturated rings. The molecule has 1 aliphatic carbocycles. The van der Waals surface area contributed by atoms with Gasteiger partial charge in [0.15, 0.2) is 0 Å². The van der Waals surface area contributed by atoms with Crippen molar-refractivity contribution < 1.29 is 223 Å². The molecule has 4 heterocycles. The zero-order valence-corrected chi connectivity index (χ0v) is 113. The molecule has 0 spiro atoms. The Kier molecular flexibility index (Phi) is 123. The second-order valence-electron chi connectivity index (χ2n) is 28.8. The van der Waals surface area contributed by atoms with Gasteiger partial charge in [-0.2, -0.15) is 139 Å². The molecule has 0 saturated heterocycles. The molecule has 0 atom stereocenters. The van der Waals surface area contributed by atoms with E-state index in [4.69, 9.17) is 0 Å². The summed E-state index contributed by atoms with van der Waals surface area (Å²) in [5.74, 6) is 6.04. The monoisotopic (exact) mass is 2850 g/mol. The Labute approximate surface area is 958 Å². The summed E-state index contributed by atoms with van der Waals surface area (Å²) in [4.78, 5) is 21.3. The van der Waals surface area contributed by atoms with Gasteiger partial charge in [0.2, 0.25) is 0 Å². The summed E-state index contributed by atoms with van der Waals surface area (Å²) in [5, 5.41) is 6.34. The van der Waals surface area contributed by atoms with Crippen LogP contribution in [0.15, 0.2) is 213 Å². The zero-order valence-electron chi connectivity index (χ0n) is 87.7. The van der Waals surface area contributed by atoms with Crippen molar-refractivity contribution in [2.75, 3.05) is 0 Å². The van der Waals surface area contributed by atoms with Gasteiger partial charge in [-0.3, -0.25) is 24.9 Å². The molecular weight excluding hydrogens is 2670 g/mol. The number of aromatic nitrogens is 5. The fourth-order valence-corrected chi connectivity index (χ4v) is 12.1. The topological polar surface area (TPSA) is 64.5 Å². The number of rotatable bonds is 13. The van der Waals surface area contributed by atoms with E-state index < -0.39 is 0 Å². The van der Waals surface area contributed by atoms with E-state index in [0.717, 1.165) is 42.2 Å². The fourth-order valence-electron chi connectivity index (χ4n) is 12.1. The van der Waals surface area contributed by atoms with Crippen LogP contribution in [0.25, 0.3) is 43.5 Å². The first kappa shape index (κ1) is 157. The molecule has 12 aromatic rings. The Morgan fingerprint density at radius 2 is 0.685 bits per heavy atom. The summed E-state index contributed by atoms with van der Waals surface area (Å²) >= 11 is 0. The van der Waals surface area contributed by atoms with Crippen LogP contribution in [-0.2, 0) is 130 Å². The molecular formula is C115H175N5U4Y3-10. The van der Waals surface area contributed by atoms with Crippen LogP contribution in [0.5, 0.6) is 0 Å². The number of aryl methyl sites for hydroxylation is 2. The van der Waals surface area contributed by atoms with Crippen LogP contribution in [0, 0.1) is 192 Å². The summed E-state index contributed by atoms with van der Waals surface area (Å²) in [6.07, 6.45) is 20.7. The van der Waals surface area contributed by atoms with E-state index in [0.29, 0.717) is 47.3 Å². The van der Waals surface area contributed by atoms with Gasteiger partial charge in [-0.05, 0) is 141 Å². The number of hydrogen-bond donors (Lipinski definition) is 0. The first-order valence-corrected chi connectivity index (χ1v) is 44.7. The summed E-state index contributed by atoms with van der Waals surface area (Å²) in [6, 6.07) is 69.6. The predicted octanol–water partition coefficient (Wildman–Crippen LogP) is 36.3. The number of benzene rings is 8. The molecule has 5 nitrogen and oxygen atoms in total. The minimum absolute atomic E-state index is 0. The molecule has 1 aliphatic rings. The van der Waals surface area contributed by atoms with Crippen LogP contribution in [0.3, 0.4) is 0 Å². The van der Waals surface area contributed by atoms with Crippen molar-refractivity contribution in [1.82, 2.24) is 24.9 Å². The smallest absolute Gasteiger partial charge is 0.0921 e. The Morgan fingerprint density at radius 3 is 1.15 bits per heavy atom. The molecule has 0 saturated carbocycles. The third-order valence-electron chi connectivity index (χ3n) is 17.7. The SMILES string of the molecule is CC.CC.CC.CC.CC.CC.CC.CC.CC(C)c1cccc2c1CCC2.CC(C)c1cccc2cccnc12.CC(C)c1cccc2ccncc12.CC(C)c1cccc2cnccc12.CC(C)c1cccc2nccnc12.C[C-](C)Cc1[c-]c(C(C)C)ccc1.[CH2-]CCc1[c-]c(C(C)C)ccc1.[CH2-]Cc1[c-]c(C(C)C)ccc1.[CH3-].[CH3-].[CH3-].[CH3-].[U].[U].[U].[U].[Y].[Y].[Y]. The largest absolute Gasteiger partial charge is 0.358 e. The molecule has 13 rings (SSSR count). The Morgan fingerprint density at radius 1 is 0.323 bits per heavy atom. The average Bonchev–Trinajstić information content (AvgIpc) is 1.15. The molecule has 127 heavy (non-hydrogen) atoms. The van der Waals surface area contributed by atoms with Crippen molar-refractivity contribution in [1.29, 1.82) is 0 Å². The van der Waals surface area contributed by atoms with E-state index in [9.17, 15) is 0 Å². The van der Waals surface area contributed by atoms with Gasteiger partial charge in [0, 0.05) is 282 Å². The Bertz CT molecular complexity index is 4030. The molecule has 0 amide bonds. The summed E-state index contributed by atoms with van der Waals surface area (Å²) < 4.78 is 0. The number of hydrogen-bond acceptors (Lipinski definition) is 5. The second-order valence-corrected chi connectivity index (χ2v) is 28.8. The summed E-state index contributed by atoms with van der Waals surface area (Å²) in [6.45, 7) is 79.3. The normalized spacial score (nSPS) is 9.39. The molecule has 0 bridgehead atoms.